The SMILES string of the molecule is c1cc2ccc3ccc(CCCCOCc4ccc5ccc6cccc7ccc4c5c67)c4ccc(c1)c2c34. The number of aryl methyl sites for hydroxylation is 1. The van der Waals surface area contributed by atoms with Gasteiger partial charge in [0, 0.05) is 6.61 Å². The molecule has 0 saturated carbocycles. The van der Waals surface area contributed by atoms with Crippen LogP contribution in [0.1, 0.15) is 24.0 Å². The van der Waals surface area contributed by atoms with Crippen LogP contribution < -0.4 is 0 Å². The molecule has 1 heteroatoms. The molecule has 38 heavy (non-hydrogen) atoms. The van der Waals surface area contributed by atoms with Crippen molar-refractivity contribution in [3.8, 4) is 0 Å². The zero-order valence-electron chi connectivity index (χ0n) is 21.3. The van der Waals surface area contributed by atoms with Crippen molar-refractivity contribution in [2.75, 3.05) is 6.61 Å². The summed E-state index contributed by atoms with van der Waals surface area (Å²) in [5, 5.41) is 16.2. The van der Waals surface area contributed by atoms with Crippen molar-refractivity contribution >= 4 is 64.6 Å². The fourth-order valence-electron chi connectivity index (χ4n) is 6.64. The van der Waals surface area contributed by atoms with E-state index in [4.69, 9.17) is 4.74 Å². The number of unbranched alkanes of at least 4 members (excludes halogenated alkanes) is 1. The number of hydrogen-bond acceptors (Lipinski definition) is 1. The summed E-state index contributed by atoms with van der Waals surface area (Å²) >= 11 is 0. The Morgan fingerprint density at radius 1 is 0.395 bits per heavy atom. The molecule has 0 heterocycles. The summed E-state index contributed by atoms with van der Waals surface area (Å²) in [6.45, 7) is 1.45. The van der Waals surface area contributed by atoms with Crippen LogP contribution in [0, 0.1) is 0 Å². The van der Waals surface area contributed by atoms with Crippen LogP contribution in [0.3, 0.4) is 0 Å². The van der Waals surface area contributed by atoms with Crippen LogP contribution in [-0.4, -0.2) is 6.61 Å². The van der Waals surface area contributed by atoms with E-state index in [0.29, 0.717) is 6.61 Å². The van der Waals surface area contributed by atoms with Gasteiger partial charge in [0.15, 0.2) is 0 Å². The molecule has 0 amide bonds. The van der Waals surface area contributed by atoms with E-state index in [2.05, 4.69) is 109 Å². The van der Waals surface area contributed by atoms with Crippen LogP contribution in [0.25, 0.3) is 64.6 Å². The van der Waals surface area contributed by atoms with Crippen molar-refractivity contribution in [2.45, 2.75) is 25.9 Å². The van der Waals surface area contributed by atoms with Crippen LogP contribution in [-0.2, 0) is 17.8 Å². The molecule has 0 fully saturated rings. The largest absolute Gasteiger partial charge is 0.377 e. The van der Waals surface area contributed by atoms with E-state index in [1.807, 2.05) is 0 Å². The van der Waals surface area contributed by atoms with Gasteiger partial charge in [0.05, 0.1) is 6.61 Å². The maximum atomic E-state index is 6.23. The monoisotopic (exact) mass is 488 g/mol. The van der Waals surface area contributed by atoms with E-state index >= 15 is 0 Å². The second-order valence-corrected chi connectivity index (χ2v) is 10.7. The third-order valence-electron chi connectivity index (χ3n) is 8.48. The zero-order valence-corrected chi connectivity index (χ0v) is 21.3. The molecule has 0 bridgehead atoms. The molecule has 8 aromatic carbocycles. The molecular weight excluding hydrogens is 460 g/mol. The Bertz CT molecular complexity index is 1900. The lowest BCUT2D eigenvalue weighted by Crippen LogP contribution is -1.98. The maximum absolute atomic E-state index is 6.23. The first-order valence-corrected chi connectivity index (χ1v) is 13.7. The highest BCUT2D eigenvalue weighted by molar-refractivity contribution is 6.24. The van der Waals surface area contributed by atoms with Gasteiger partial charge < -0.3 is 4.74 Å². The molecule has 8 aromatic rings. The molecule has 0 aromatic heterocycles. The molecule has 0 atom stereocenters. The van der Waals surface area contributed by atoms with Crippen molar-refractivity contribution in [2.24, 2.45) is 0 Å². The highest BCUT2D eigenvalue weighted by Crippen LogP contribution is 2.37. The Balaban J connectivity index is 0.979. The predicted molar refractivity (Wildman–Crippen MR) is 163 cm³/mol. The first kappa shape index (κ1) is 21.8. The van der Waals surface area contributed by atoms with Gasteiger partial charge in [-0.25, -0.2) is 0 Å². The van der Waals surface area contributed by atoms with Gasteiger partial charge in [0.1, 0.15) is 0 Å². The number of ether oxygens (including phenoxy) is 1. The second-order valence-electron chi connectivity index (χ2n) is 10.7. The van der Waals surface area contributed by atoms with Gasteiger partial charge in [0.2, 0.25) is 0 Å². The third-order valence-corrected chi connectivity index (χ3v) is 8.48. The molecule has 0 aliphatic carbocycles. The van der Waals surface area contributed by atoms with Gasteiger partial charge >= 0.3 is 0 Å². The molecule has 0 unspecified atom stereocenters. The Morgan fingerprint density at radius 2 is 0.842 bits per heavy atom. The fourth-order valence-corrected chi connectivity index (χ4v) is 6.64. The number of rotatable bonds is 7. The standard InChI is InChI=1S/C37H28O/c1(5-24-10-11-29-14-12-25-6-3-8-27-18-20-32(24)36(29)34(25)27)2-22-38-23-31-17-16-30-15-13-26-7-4-9-28-19-21-33(31)37(30)35(26)28/h3-4,6-21H,1-2,5,22-23H2. The van der Waals surface area contributed by atoms with Crippen LogP contribution in [0.15, 0.2) is 109 Å². The average molecular weight is 489 g/mol. The lowest BCUT2D eigenvalue weighted by molar-refractivity contribution is 0.118. The van der Waals surface area contributed by atoms with Gasteiger partial charge in [-0.05, 0) is 95.0 Å². The van der Waals surface area contributed by atoms with Crippen LogP contribution >= 0.6 is 0 Å². The summed E-state index contributed by atoms with van der Waals surface area (Å²) in [5.74, 6) is 0. The Labute approximate surface area is 221 Å². The van der Waals surface area contributed by atoms with Gasteiger partial charge in [-0.15, -0.1) is 0 Å². The molecule has 0 saturated heterocycles. The quantitative estimate of drug-likeness (QED) is 0.160. The normalized spacial score (nSPS) is 12.3. The second kappa shape index (κ2) is 8.68. The number of hydrogen-bond donors (Lipinski definition) is 0. The molecule has 0 aliphatic heterocycles. The minimum absolute atomic E-state index is 0.660. The van der Waals surface area contributed by atoms with E-state index in [9.17, 15) is 0 Å². The zero-order chi connectivity index (χ0) is 25.1. The average Bonchev–Trinajstić information content (AvgIpc) is 2.97. The van der Waals surface area contributed by atoms with Crippen molar-refractivity contribution in [1.29, 1.82) is 0 Å². The summed E-state index contributed by atoms with van der Waals surface area (Å²) in [6, 6.07) is 40.4. The van der Waals surface area contributed by atoms with Crippen molar-refractivity contribution in [3.05, 3.63) is 120 Å². The van der Waals surface area contributed by atoms with Gasteiger partial charge in [0.25, 0.3) is 0 Å². The maximum Gasteiger partial charge on any atom is 0.0722 e. The summed E-state index contributed by atoms with van der Waals surface area (Å²) in [5.41, 5.74) is 2.73. The molecule has 0 spiro atoms. The van der Waals surface area contributed by atoms with E-state index in [0.717, 1.165) is 25.9 Å². The third kappa shape index (κ3) is 3.36. The first-order valence-electron chi connectivity index (χ1n) is 13.7. The van der Waals surface area contributed by atoms with Crippen LogP contribution in [0.5, 0.6) is 0 Å². The van der Waals surface area contributed by atoms with E-state index in [1.54, 1.807) is 0 Å². The number of benzene rings is 8. The Kier molecular flexibility index (Phi) is 4.99. The molecule has 1 nitrogen and oxygen atoms in total. The molecular formula is C37H28O. The summed E-state index contributed by atoms with van der Waals surface area (Å²) < 4.78 is 6.23. The van der Waals surface area contributed by atoms with Crippen LogP contribution in [0.4, 0.5) is 0 Å². The molecule has 182 valence electrons. The van der Waals surface area contributed by atoms with E-state index in [-0.39, 0.29) is 0 Å². The minimum atomic E-state index is 0.660. The van der Waals surface area contributed by atoms with Crippen molar-refractivity contribution in [3.63, 3.8) is 0 Å². The van der Waals surface area contributed by atoms with Gasteiger partial charge in [-0.3, -0.25) is 0 Å². The highest BCUT2D eigenvalue weighted by atomic mass is 16.5. The van der Waals surface area contributed by atoms with Crippen molar-refractivity contribution < 1.29 is 4.74 Å². The molecule has 0 radical (unpaired) electrons. The van der Waals surface area contributed by atoms with Gasteiger partial charge in [-0.2, -0.15) is 0 Å². The fraction of sp³-hybridized carbons (Fsp3) is 0.135. The van der Waals surface area contributed by atoms with Gasteiger partial charge in [-0.1, -0.05) is 109 Å². The molecule has 8 rings (SSSR count). The Hall–Kier alpha value is -4.20. The molecule has 0 aliphatic rings. The predicted octanol–water partition coefficient (Wildman–Crippen LogP) is 10.0. The molecule has 0 N–H and O–H groups in total. The lowest BCUT2D eigenvalue weighted by Gasteiger charge is -2.14. The summed E-state index contributed by atoms with van der Waals surface area (Å²) in [4.78, 5) is 0. The summed E-state index contributed by atoms with van der Waals surface area (Å²) in [7, 11) is 0. The van der Waals surface area contributed by atoms with Crippen molar-refractivity contribution in [1.82, 2.24) is 0 Å². The van der Waals surface area contributed by atoms with E-state index < -0.39 is 0 Å². The van der Waals surface area contributed by atoms with E-state index in [1.165, 1.54) is 75.8 Å². The Morgan fingerprint density at radius 3 is 1.42 bits per heavy atom. The smallest absolute Gasteiger partial charge is 0.0722 e. The minimum Gasteiger partial charge on any atom is -0.377 e. The lowest BCUT2D eigenvalue weighted by atomic mass is 9.91. The highest BCUT2D eigenvalue weighted by Gasteiger charge is 2.12. The first-order chi connectivity index (χ1) is 18.8. The topological polar surface area (TPSA) is 9.23 Å². The van der Waals surface area contributed by atoms with Crippen LogP contribution in [0.2, 0.25) is 0 Å². The summed E-state index contributed by atoms with van der Waals surface area (Å²) in [6.07, 6.45) is 3.27.